The second-order valence-corrected chi connectivity index (χ2v) is 13.7. The van der Waals surface area contributed by atoms with Gasteiger partial charge in [-0.25, -0.2) is 4.98 Å². The van der Waals surface area contributed by atoms with Crippen molar-refractivity contribution in [3.63, 3.8) is 0 Å². The van der Waals surface area contributed by atoms with E-state index in [1.807, 2.05) is 0 Å². The van der Waals surface area contributed by atoms with E-state index in [2.05, 4.69) is 106 Å². The van der Waals surface area contributed by atoms with Crippen LogP contribution in [0, 0.1) is 13.8 Å². The van der Waals surface area contributed by atoms with Crippen molar-refractivity contribution in [2.75, 3.05) is 0 Å². The second-order valence-electron chi connectivity index (χ2n) is 8.72. The molecule has 0 spiro atoms. The number of aromatic nitrogens is 1. The van der Waals surface area contributed by atoms with Gasteiger partial charge in [-0.15, -0.1) is 0 Å². The molecule has 0 atom stereocenters. The topological polar surface area (TPSA) is 12.9 Å². The van der Waals surface area contributed by atoms with Crippen LogP contribution in [0.4, 0.5) is 0 Å². The van der Waals surface area contributed by atoms with E-state index in [0.29, 0.717) is 0 Å². The van der Waals surface area contributed by atoms with Crippen LogP contribution in [0.3, 0.4) is 0 Å². The molecule has 4 rings (SSSR count). The highest BCUT2D eigenvalue weighted by Gasteiger charge is 2.27. The van der Waals surface area contributed by atoms with Crippen molar-refractivity contribution in [2.45, 2.75) is 33.5 Å². The molecule has 0 aliphatic rings. The fourth-order valence-corrected chi connectivity index (χ4v) is 6.23. The molecule has 1 nitrogen and oxygen atoms in total. The lowest BCUT2D eigenvalue weighted by atomic mass is 9.95. The van der Waals surface area contributed by atoms with Crippen molar-refractivity contribution < 1.29 is 0 Å². The molecule has 140 valence electrons. The fourth-order valence-electron chi connectivity index (χ4n) is 4.20. The van der Waals surface area contributed by atoms with Crippen LogP contribution in [0.1, 0.15) is 11.1 Å². The average molecular weight is 382 g/mol. The monoisotopic (exact) mass is 381 g/mol. The third kappa shape index (κ3) is 3.40. The Balaban J connectivity index is 2.20. The second kappa shape index (κ2) is 7.03. The quantitative estimate of drug-likeness (QED) is 0.358. The number of hydrogen-bond acceptors (Lipinski definition) is 1. The summed E-state index contributed by atoms with van der Waals surface area (Å²) in [5, 5.41) is 2.80. The first-order valence-corrected chi connectivity index (χ1v) is 13.4. The summed E-state index contributed by atoms with van der Waals surface area (Å²) in [6.45, 7) is 11.6. The van der Waals surface area contributed by atoms with Gasteiger partial charge < -0.3 is 0 Å². The molecule has 0 saturated heterocycles. The summed E-state index contributed by atoms with van der Waals surface area (Å²) in [7, 11) is -1.66. The summed E-state index contributed by atoms with van der Waals surface area (Å²) < 4.78 is 0. The number of para-hydroxylation sites is 1. The van der Waals surface area contributed by atoms with E-state index < -0.39 is 8.07 Å². The third-order valence-electron chi connectivity index (χ3n) is 5.20. The Morgan fingerprint density at radius 2 is 1.29 bits per heavy atom. The molecule has 0 unspecified atom stereocenters. The zero-order chi connectivity index (χ0) is 19.9. The number of hydrogen-bond donors (Lipinski definition) is 0. The summed E-state index contributed by atoms with van der Waals surface area (Å²) in [6.07, 6.45) is 0. The van der Waals surface area contributed by atoms with Crippen LogP contribution in [0.5, 0.6) is 0 Å². The Kier molecular flexibility index (Phi) is 4.68. The predicted molar refractivity (Wildman–Crippen MR) is 125 cm³/mol. The van der Waals surface area contributed by atoms with Gasteiger partial charge in [0.25, 0.3) is 0 Å². The Morgan fingerprint density at radius 1 is 0.679 bits per heavy atom. The highest BCUT2D eigenvalue weighted by atomic mass is 28.3. The molecule has 1 heterocycles. The van der Waals surface area contributed by atoms with Crippen molar-refractivity contribution in [1.29, 1.82) is 0 Å². The maximum Gasteiger partial charge on any atom is 0.0794 e. The average Bonchev–Trinajstić information content (AvgIpc) is 2.65. The molecule has 0 radical (unpaired) electrons. The summed E-state index contributed by atoms with van der Waals surface area (Å²) in [5.41, 5.74) is 8.53. The first-order chi connectivity index (χ1) is 13.3. The van der Waals surface area contributed by atoms with Crippen LogP contribution >= 0.6 is 0 Å². The minimum Gasteiger partial charge on any atom is -0.247 e. The summed E-state index contributed by atoms with van der Waals surface area (Å²) in [4.78, 5) is 5.20. The minimum absolute atomic E-state index is 1.09. The molecule has 0 bridgehead atoms. The zero-order valence-electron chi connectivity index (χ0n) is 17.4. The molecule has 3 aromatic carbocycles. The van der Waals surface area contributed by atoms with E-state index in [4.69, 9.17) is 4.98 Å². The molecule has 0 aliphatic heterocycles. The maximum absolute atomic E-state index is 5.20. The molecule has 0 fully saturated rings. The van der Waals surface area contributed by atoms with Gasteiger partial charge in [-0.2, -0.15) is 0 Å². The Labute approximate surface area is 169 Å². The predicted octanol–water partition coefficient (Wildman–Crippen LogP) is 6.73. The van der Waals surface area contributed by atoms with Gasteiger partial charge in [-0.1, -0.05) is 85.4 Å². The number of aryl methyl sites for hydroxylation is 2. The molecule has 0 N–H and O–H groups in total. The van der Waals surface area contributed by atoms with Gasteiger partial charge in [0.1, 0.15) is 0 Å². The van der Waals surface area contributed by atoms with Gasteiger partial charge in [-0.05, 0) is 42.8 Å². The van der Waals surface area contributed by atoms with Gasteiger partial charge >= 0.3 is 0 Å². The zero-order valence-corrected chi connectivity index (χ0v) is 18.4. The number of benzene rings is 3. The van der Waals surface area contributed by atoms with Crippen molar-refractivity contribution in [3.8, 4) is 22.4 Å². The van der Waals surface area contributed by atoms with Crippen molar-refractivity contribution >= 4 is 24.2 Å². The largest absolute Gasteiger partial charge is 0.247 e. The molecule has 4 aromatic rings. The first-order valence-electron chi connectivity index (χ1n) is 9.92. The molecule has 28 heavy (non-hydrogen) atoms. The van der Waals surface area contributed by atoms with Crippen LogP contribution in [-0.4, -0.2) is 13.1 Å². The van der Waals surface area contributed by atoms with E-state index in [-0.39, 0.29) is 0 Å². The fraction of sp³-hybridized carbons (Fsp3) is 0.192. The van der Waals surface area contributed by atoms with Crippen LogP contribution in [0.25, 0.3) is 33.3 Å². The molecule has 1 aromatic heterocycles. The maximum atomic E-state index is 5.20. The van der Waals surface area contributed by atoms with Crippen LogP contribution in [0.15, 0.2) is 72.8 Å². The smallest absolute Gasteiger partial charge is 0.0794 e. The summed E-state index contributed by atoms with van der Waals surface area (Å²) in [6, 6.07) is 26.2. The third-order valence-corrected chi connectivity index (χ3v) is 7.22. The normalized spacial score (nSPS) is 11.8. The number of fused-ring (bicyclic) bond motifs is 1. The van der Waals surface area contributed by atoms with Crippen molar-refractivity contribution in [1.82, 2.24) is 4.98 Å². The highest BCUT2D eigenvalue weighted by Crippen LogP contribution is 2.34. The minimum atomic E-state index is -1.66. The van der Waals surface area contributed by atoms with Gasteiger partial charge in [0.2, 0.25) is 0 Å². The van der Waals surface area contributed by atoms with E-state index >= 15 is 0 Å². The molecular formula is C26H27NSi. The first kappa shape index (κ1) is 18.6. The lowest BCUT2D eigenvalue weighted by molar-refractivity contribution is 1.34. The lowest BCUT2D eigenvalue weighted by Gasteiger charge is -2.26. The summed E-state index contributed by atoms with van der Waals surface area (Å²) in [5.74, 6) is 0. The van der Waals surface area contributed by atoms with E-state index in [0.717, 1.165) is 11.2 Å². The Bertz CT molecular complexity index is 1130. The standard InChI is InChI=1S/C26H27NSi/c1-18-15-19(2)17-21(16-18)25-24(20-11-7-6-8-12-20)26(28(3,4)5)22-13-9-10-14-23(22)27-25/h6-17H,1-5H3. The van der Waals surface area contributed by atoms with Crippen LogP contribution in [-0.2, 0) is 0 Å². The van der Waals surface area contributed by atoms with Crippen LogP contribution < -0.4 is 5.19 Å². The van der Waals surface area contributed by atoms with E-state index in [1.165, 1.54) is 38.4 Å². The molecule has 2 heteroatoms. The SMILES string of the molecule is Cc1cc(C)cc(-c2nc3ccccc3c([Si](C)(C)C)c2-c2ccccc2)c1. The highest BCUT2D eigenvalue weighted by molar-refractivity contribution is 6.91. The van der Waals surface area contributed by atoms with Gasteiger partial charge in [0.05, 0.1) is 19.3 Å². The summed E-state index contributed by atoms with van der Waals surface area (Å²) >= 11 is 0. The molecule has 0 saturated carbocycles. The Hall–Kier alpha value is -2.71. The van der Waals surface area contributed by atoms with Gasteiger partial charge in [0.15, 0.2) is 0 Å². The Morgan fingerprint density at radius 3 is 1.93 bits per heavy atom. The van der Waals surface area contributed by atoms with E-state index in [1.54, 1.807) is 0 Å². The number of rotatable bonds is 3. The number of pyridine rings is 1. The van der Waals surface area contributed by atoms with Gasteiger partial charge in [-0.3, -0.25) is 0 Å². The van der Waals surface area contributed by atoms with Gasteiger partial charge in [0, 0.05) is 16.5 Å². The van der Waals surface area contributed by atoms with Crippen molar-refractivity contribution in [3.05, 3.63) is 83.9 Å². The van der Waals surface area contributed by atoms with Crippen LogP contribution in [0.2, 0.25) is 19.6 Å². The molecule has 0 aliphatic carbocycles. The number of nitrogens with zero attached hydrogens (tertiary/aromatic N) is 1. The lowest BCUT2D eigenvalue weighted by Crippen LogP contribution is -2.40. The molecular weight excluding hydrogens is 354 g/mol. The van der Waals surface area contributed by atoms with E-state index in [9.17, 15) is 0 Å². The van der Waals surface area contributed by atoms with Crippen molar-refractivity contribution in [2.24, 2.45) is 0 Å². The molecule has 0 amide bonds.